The predicted octanol–water partition coefficient (Wildman–Crippen LogP) is 3.72. The summed E-state index contributed by atoms with van der Waals surface area (Å²) < 4.78 is 6.72. The first-order valence-corrected chi connectivity index (χ1v) is 8.55. The smallest absolute Gasteiger partial charge is 0.0976 e. The Hall–Kier alpha value is -1.35. The number of morpholine rings is 1. The Morgan fingerprint density at radius 3 is 2.32 bits per heavy atom. The van der Waals surface area contributed by atoms with Crippen LogP contribution in [0.15, 0.2) is 54.6 Å². The van der Waals surface area contributed by atoms with Crippen molar-refractivity contribution < 1.29 is 4.74 Å². The third-order valence-electron chi connectivity index (χ3n) is 3.72. The molecule has 1 atom stereocenters. The van der Waals surface area contributed by atoms with Gasteiger partial charge < -0.3 is 4.74 Å². The fourth-order valence-electron chi connectivity index (χ4n) is 2.54. The molecular weight excluding hydrogens is 385 g/mol. The molecule has 3 rings (SSSR count). The van der Waals surface area contributed by atoms with E-state index in [-0.39, 0.29) is 6.04 Å². The largest absolute Gasteiger partial charge is 0.379 e. The van der Waals surface area contributed by atoms with Gasteiger partial charge in [0.2, 0.25) is 0 Å². The maximum Gasteiger partial charge on any atom is 0.0976 e. The summed E-state index contributed by atoms with van der Waals surface area (Å²) >= 11 is 2.34. The van der Waals surface area contributed by atoms with Crippen molar-refractivity contribution in [1.82, 2.24) is 4.90 Å². The van der Waals surface area contributed by atoms with Gasteiger partial charge in [-0.15, -0.1) is 0 Å². The van der Waals surface area contributed by atoms with Gasteiger partial charge in [-0.1, -0.05) is 42.2 Å². The Kier molecular flexibility index (Phi) is 5.49. The van der Waals surface area contributed by atoms with Gasteiger partial charge in [-0.2, -0.15) is 0 Å². The van der Waals surface area contributed by atoms with Gasteiger partial charge in [0, 0.05) is 22.2 Å². The summed E-state index contributed by atoms with van der Waals surface area (Å²) in [4.78, 5) is 2.40. The summed E-state index contributed by atoms with van der Waals surface area (Å²) in [5.41, 5.74) is 2.32. The number of hydrogen-bond acceptors (Lipinski definition) is 2. The van der Waals surface area contributed by atoms with E-state index < -0.39 is 0 Å². The van der Waals surface area contributed by atoms with E-state index in [2.05, 4.69) is 75.7 Å². The van der Waals surface area contributed by atoms with Crippen LogP contribution < -0.4 is 0 Å². The third-order valence-corrected chi connectivity index (χ3v) is 4.44. The van der Waals surface area contributed by atoms with Gasteiger partial charge in [0.15, 0.2) is 0 Å². The lowest BCUT2D eigenvalue weighted by Gasteiger charge is -2.31. The molecule has 2 aromatic rings. The Labute approximate surface area is 145 Å². The molecule has 112 valence electrons. The maximum atomic E-state index is 5.48. The highest BCUT2D eigenvalue weighted by Gasteiger charge is 2.20. The molecule has 1 saturated heterocycles. The average molecular weight is 403 g/mol. The van der Waals surface area contributed by atoms with Gasteiger partial charge in [-0.3, -0.25) is 4.90 Å². The molecule has 0 aromatic heterocycles. The molecule has 0 bridgehead atoms. The van der Waals surface area contributed by atoms with Crippen molar-refractivity contribution in [3.8, 4) is 11.8 Å². The molecule has 2 aromatic carbocycles. The molecule has 22 heavy (non-hydrogen) atoms. The van der Waals surface area contributed by atoms with Crippen LogP contribution in [-0.2, 0) is 4.74 Å². The normalized spacial score (nSPS) is 16.6. The minimum atomic E-state index is 0.126. The fraction of sp³-hybridized carbons (Fsp3) is 0.263. The molecule has 1 unspecified atom stereocenters. The van der Waals surface area contributed by atoms with Crippen LogP contribution in [0, 0.1) is 15.4 Å². The Balaban J connectivity index is 1.89. The molecule has 1 fully saturated rings. The number of ether oxygens (including phenoxy) is 1. The summed E-state index contributed by atoms with van der Waals surface area (Å²) in [5.74, 6) is 6.78. The van der Waals surface area contributed by atoms with E-state index in [1.807, 2.05) is 18.2 Å². The SMILES string of the molecule is Ic1ccc(C(C#Cc2ccccc2)N2CCOCC2)cc1. The van der Waals surface area contributed by atoms with Crippen LogP contribution in [0.3, 0.4) is 0 Å². The van der Waals surface area contributed by atoms with Crippen LogP contribution in [0.4, 0.5) is 0 Å². The summed E-state index contributed by atoms with van der Waals surface area (Å²) in [5, 5.41) is 0. The second-order valence-corrected chi connectivity index (χ2v) is 6.48. The van der Waals surface area contributed by atoms with Crippen molar-refractivity contribution in [1.29, 1.82) is 0 Å². The highest BCUT2D eigenvalue weighted by atomic mass is 127. The quantitative estimate of drug-likeness (QED) is 0.560. The summed E-state index contributed by atoms with van der Waals surface area (Å²) in [6.07, 6.45) is 0. The van der Waals surface area contributed by atoms with Crippen LogP contribution in [0.5, 0.6) is 0 Å². The number of hydrogen-bond donors (Lipinski definition) is 0. The molecule has 1 aliphatic rings. The zero-order chi connectivity index (χ0) is 15.2. The van der Waals surface area contributed by atoms with Gasteiger partial charge in [0.25, 0.3) is 0 Å². The Morgan fingerprint density at radius 1 is 0.955 bits per heavy atom. The van der Waals surface area contributed by atoms with E-state index in [0.717, 1.165) is 31.9 Å². The zero-order valence-electron chi connectivity index (χ0n) is 12.3. The number of rotatable bonds is 2. The molecule has 0 amide bonds. The van der Waals surface area contributed by atoms with E-state index in [1.165, 1.54) is 9.13 Å². The molecule has 0 radical (unpaired) electrons. The van der Waals surface area contributed by atoms with Gasteiger partial charge in [-0.25, -0.2) is 0 Å². The van der Waals surface area contributed by atoms with Crippen molar-refractivity contribution in [3.05, 3.63) is 69.3 Å². The average Bonchev–Trinajstić information content (AvgIpc) is 2.58. The molecular formula is C19H18INO. The van der Waals surface area contributed by atoms with E-state index in [9.17, 15) is 0 Å². The van der Waals surface area contributed by atoms with Gasteiger partial charge >= 0.3 is 0 Å². The zero-order valence-corrected chi connectivity index (χ0v) is 14.5. The molecule has 1 aliphatic heterocycles. The number of halogens is 1. The first kappa shape index (κ1) is 15.5. The lowest BCUT2D eigenvalue weighted by Crippen LogP contribution is -2.38. The van der Waals surface area contributed by atoms with Gasteiger partial charge in [0.1, 0.15) is 0 Å². The molecule has 3 heteroatoms. The lowest BCUT2D eigenvalue weighted by molar-refractivity contribution is 0.0270. The van der Waals surface area contributed by atoms with Crippen molar-refractivity contribution in [3.63, 3.8) is 0 Å². The molecule has 2 nitrogen and oxygen atoms in total. The van der Waals surface area contributed by atoms with Crippen LogP contribution in [0.25, 0.3) is 0 Å². The monoisotopic (exact) mass is 403 g/mol. The second-order valence-electron chi connectivity index (χ2n) is 5.24. The highest BCUT2D eigenvalue weighted by Crippen LogP contribution is 2.22. The molecule has 0 N–H and O–H groups in total. The van der Waals surface area contributed by atoms with Crippen molar-refractivity contribution in [2.75, 3.05) is 26.3 Å². The minimum Gasteiger partial charge on any atom is -0.379 e. The van der Waals surface area contributed by atoms with E-state index in [0.29, 0.717) is 0 Å². The summed E-state index contributed by atoms with van der Waals surface area (Å²) in [7, 11) is 0. The number of nitrogens with zero attached hydrogens (tertiary/aromatic N) is 1. The maximum absolute atomic E-state index is 5.48. The predicted molar refractivity (Wildman–Crippen MR) is 97.6 cm³/mol. The van der Waals surface area contributed by atoms with Crippen LogP contribution in [-0.4, -0.2) is 31.2 Å². The van der Waals surface area contributed by atoms with Crippen molar-refractivity contribution in [2.45, 2.75) is 6.04 Å². The first-order chi connectivity index (χ1) is 10.8. The van der Waals surface area contributed by atoms with Crippen LogP contribution in [0.1, 0.15) is 17.2 Å². The lowest BCUT2D eigenvalue weighted by atomic mass is 10.0. The standard InChI is InChI=1S/C19H18INO/c20-18-9-7-17(8-10-18)19(21-12-14-22-15-13-21)11-6-16-4-2-1-3-5-16/h1-5,7-10,19H,12-15H2. The van der Waals surface area contributed by atoms with Gasteiger partial charge in [0.05, 0.1) is 19.3 Å². The number of benzene rings is 2. The molecule has 0 aliphatic carbocycles. The fourth-order valence-corrected chi connectivity index (χ4v) is 2.90. The van der Waals surface area contributed by atoms with E-state index in [4.69, 9.17) is 4.74 Å². The summed E-state index contributed by atoms with van der Waals surface area (Å²) in [6, 6.07) is 19.0. The molecule has 0 spiro atoms. The minimum absolute atomic E-state index is 0.126. The van der Waals surface area contributed by atoms with E-state index >= 15 is 0 Å². The topological polar surface area (TPSA) is 12.5 Å². The third kappa shape index (κ3) is 4.10. The van der Waals surface area contributed by atoms with E-state index in [1.54, 1.807) is 0 Å². The second kappa shape index (κ2) is 7.77. The van der Waals surface area contributed by atoms with Crippen LogP contribution >= 0.6 is 22.6 Å². The summed E-state index contributed by atoms with van der Waals surface area (Å²) in [6.45, 7) is 3.43. The van der Waals surface area contributed by atoms with Gasteiger partial charge in [-0.05, 0) is 52.4 Å². The highest BCUT2D eigenvalue weighted by molar-refractivity contribution is 14.1. The van der Waals surface area contributed by atoms with Crippen LogP contribution in [0.2, 0.25) is 0 Å². The van der Waals surface area contributed by atoms with Crippen molar-refractivity contribution in [2.24, 2.45) is 0 Å². The Morgan fingerprint density at radius 2 is 1.64 bits per heavy atom. The molecule has 1 heterocycles. The first-order valence-electron chi connectivity index (χ1n) is 7.47. The molecule has 0 saturated carbocycles. The Bertz CT molecular complexity index is 651. The van der Waals surface area contributed by atoms with Crippen molar-refractivity contribution >= 4 is 22.6 Å².